The van der Waals surface area contributed by atoms with Gasteiger partial charge in [-0.25, -0.2) is 0 Å². The molecular formula is C11H25N3S. The van der Waals surface area contributed by atoms with E-state index in [9.17, 15) is 0 Å². The number of nitrogens with one attached hydrogen (secondary N) is 1. The van der Waals surface area contributed by atoms with Gasteiger partial charge in [0.15, 0.2) is 5.11 Å². The molecule has 0 rings (SSSR count). The van der Waals surface area contributed by atoms with Crippen LogP contribution in [-0.2, 0) is 0 Å². The molecule has 0 heterocycles. The summed E-state index contributed by atoms with van der Waals surface area (Å²) >= 11 is 5.38. The number of hydrogen-bond acceptors (Lipinski definition) is 2. The lowest BCUT2D eigenvalue weighted by Crippen LogP contribution is -2.49. The van der Waals surface area contributed by atoms with Crippen molar-refractivity contribution in [3.63, 3.8) is 0 Å². The largest absolute Gasteiger partial charge is 0.360 e. The van der Waals surface area contributed by atoms with Crippen molar-refractivity contribution in [3.8, 4) is 0 Å². The Bertz CT molecular complexity index is 192. The molecule has 0 aromatic carbocycles. The summed E-state index contributed by atoms with van der Waals surface area (Å²) in [5.74, 6) is 0. The third-order valence-electron chi connectivity index (χ3n) is 2.18. The van der Waals surface area contributed by atoms with Crippen LogP contribution in [0.15, 0.2) is 0 Å². The smallest absolute Gasteiger partial charge is 0.169 e. The molecule has 0 fully saturated rings. The summed E-state index contributed by atoms with van der Waals surface area (Å²) in [6, 6.07) is 0.849. The monoisotopic (exact) mass is 231 g/mol. The predicted molar refractivity (Wildman–Crippen MR) is 71.3 cm³/mol. The fourth-order valence-electron chi connectivity index (χ4n) is 1.61. The molecule has 0 radical (unpaired) electrons. The minimum Gasteiger partial charge on any atom is -0.360 e. The molecule has 1 unspecified atom stereocenters. The zero-order valence-corrected chi connectivity index (χ0v) is 11.7. The summed E-state index contributed by atoms with van der Waals surface area (Å²) in [6.07, 6.45) is 0. The van der Waals surface area contributed by atoms with Gasteiger partial charge in [-0.3, -0.25) is 0 Å². The van der Waals surface area contributed by atoms with Gasteiger partial charge in [-0.1, -0.05) is 0 Å². The molecule has 90 valence electrons. The van der Waals surface area contributed by atoms with Crippen LogP contribution in [0.25, 0.3) is 0 Å². The van der Waals surface area contributed by atoms with E-state index < -0.39 is 0 Å². The average Bonchev–Trinajstić information content (AvgIpc) is 2.01. The molecule has 3 nitrogen and oxygen atoms in total. The SMILES string of the molecule is CCN(C(=S)NC(C)C)C(C)CN(C)C. The van der Waals surface area contributed by atoms with Gasteiger partial charge in [-0.2, -0.15) is 0 Å². The van der Waals surface area contributed by atoms with Crippen LogP contribution < -0.4 is 5.32 Å². The Kier molecular flexibility index (Phi) is 6.85. The Balaban J connectivity index is 4.27. The molecule has 0 aromatic rings. The normalized spacial score (nSPS) is 13.1. The van der Waals surface area contributed by atoms with Gasteiger partial charge in [0.25, 0.3) is 0 Å². The summed E-state index contributed by atoms with van der Waals surface area (Å²) in [7, 11) is 4.17. The Labute approximate surface area is 99.8 Å². The van der Waals surface area contributed by atoms with Crippen molar-refractivity contribution in [1.29, 1.82) is 0 Å². The highest BCUT2D eigenvalue weighted by Crippen LogP contribution is 2.01. The van der Waals surface area contributed by atoms with Crippen molar-refractivity contribution in [2.75, 3.05) is 27.2 Å². The summed E-state index contributed by atoms with van der Waals surface area (Å²) in [4.78, 5) is 4.42. The lowest BCUT2D eigenvalue weighted by atomic mass is 10.3. The zero-order chi connectivity index (χ0) is 12.0. The van der Waals surface area contributed by atoms with Crippen molar-refractivity contribution in [2.24, 2.45) is 0 Å². The number of nitrogens with zero attached hydrogens (tertiary/aromatic N) is 2. The third-order valence-corrected chi connectivity index (χ3v) is 2.53. The second kappa shape index (κ2) is 7.01. The predicted octanol–water partition coefficient (Wildman–Crippen LogP) is 1.54. The summed E-state index contributed by atoms with van der Waals surface area (Å²) in [6.45, 7) is 10.5. The first-order valence-electron chi connectivity index (χ1n) is 5.60. The van der Waals surface area contributed by atoms with E-state index in [4.69, 9.17) is 12.2 Å². The standard InChI is InChI=1S/C11H25N3S/c1-7-14(10(4)8-13(5)6)11(15)12-9(2)3/h9-10H,7-8H2,1-6H3,(H,12,15). The van der Waals surface area contributed by atoms with Crippen LogP contribution in [0.1, 0.15) is 27.7 Å². The highest BCUT2D eigenvalue weighted by molar-refractivity contribution is 7.80. The van der Waals surface area contributed by atoms with E-state index >= 15 is 0 Å². The van der Waals surface area contributed by atoms with Crippen molar-refractivity contribution < 1.29 is 0 Å². The fraction of sp³-hybridized carbons (Fsp3) is 0.909. The van der Waals surface area contributed by atoms with Gasteiger partial charge in [0.1, 0.15) is 0 Å². The maximum absolute atomic E-state index is 5.38. The van der Waals surface area contributed by atoms with E-state index in [2.05, 4.69) is 56.9 Å². The molecule has 0 aliphatic heterocycles. The Morgan fingerprint density at radius 1 is 1.27 bits per heavy atom. The Morgan fingerprint density at radius 2 is 1.80 bits per heavy atom. The molecule has 15 heavy (non-hydrogen) atoms. The van der Waals surface area contributed by atoms with E-state index in [1.54, 1.807) is 0 Å². The molecule has 0 aliphatic carbocycles. The van der Waals surface area contributed by atoms with Crippen molar-refractivity contribution in [2.45, 2.75) is 39.8 Å². The quantitative estimate of drug-likeness (QED) is 0.723. The molecule has 0 bridgehead atoms. The summed E-state index contributed by atoms with van der Waals surface area (Å²) in [5.41, 5.74) is 0. The van der Waals surface area contributed by atoms with E-state index in [-0.39, 0.29) is 0 Å². The average molecular weight is 231 g/mol. The van der Waals surface area contributed by atoms with E-state index in [1.807, 2.05) is 0 Å². The highest BCUT2D eigenvalue weighted by atomic mass is 32.1. The van der Waals surface area contributed by atoms with E-state index in [0.717, 1.165) is 18.2 Å². The van der Waals surface area contributed by atoms with Crippen molar-refractivity contribution >= 4 is 17.3 Å². The molecular weight excluding hydrogens is 206 g/mol. The van der Waals surface area contributed by atoms with Crippen molar-refractivity contribution in [1.82, 2.24) is 15.1 Å². The van der Waals surface area contributed by atoms with Crippen LogP contribution in [0.2, 0.25) is 0 Å². The summed E-state index contributed by atoms with van der Waals surface area (Å²) in [5, 5.41) is 4.15. The minimum absolute atomic E-state index is 0.401. The molecule has 1 N–H and O–H groups in total. The second-order valence-corrected chi connectivity index (χ2v) is 4.89. The van der Waals surface area contributed by atoms with Gasteiger partial charge in [0.2, 0.25) is 0 Å². The van der Waals surface area contributed by atoms with Gasteiger partial charge < -0.3 is 15.1 Å². The highest BCUT2D eigenvalue weighted by Gasteiger charge is 2.16. The lowest BCUT2D eigenvalue weighted by Gasteiger charge is -2.33. The second-order valence-electron chi connectivity index (χ2n) is 4.50. The maximum Gasteiger partial charge on any atom is 0.169 e. The zero-order valence-electron chi connectivity index (χ0n) is 10.9. The van der Waals surface area contributed by atoms with Crippen LogP contribution in [0.3, 0.4) is 0 Å². The molecule has 4 heteroatoms. The molecule has 0 saturated heterocycles. The lowest BCUT2D eigenvalue weighted by molar-refractivity contribution is 0.261. The number of rotatable bonds is 5. The number of likely N-dealkylation sites (N-methyl/N-ethyl adjacent to an activating group) is 2. The number of thiocarbonyl (C=S) groups is 1. The Morgan fingerprint density at radius 3 is 2.13 bits per heavy atom. The first kappa shape index (κ1) is 14.6. The van der Waals surface area contributed by atoms with Crippen LogP contribution in [0.5, 0.6) is 0 Å². The fourth-order valence-corrected chi connectivity index (χ4v) is 2.16. The molecule has 0 aliphatic rings. The molecule has 0 saturated carbocycles. The Hall–Kier alpha value is -0.350. The van der Waals surface area contributed by atoms with Crippen LogP contribution in [0.4, 0.5) is 0 Å². The molecule has 0 aromatic heterocycles. The van der Waals surface area contributed by atoms with Crippen LogP contribution in [0, 0.1) is 0 Å². The van der Waals surface area contributed by atoms with Gasteiger partial charge >= 0.3 is 0 Å². The van der Waals surface area contributed by atoms with E-state index in [0.29, 0.717) is 12.1 Å². The maximum atomic E-state index is 5.38. The van der Waals surface area contributed by atoms with Gasteiger partial charge in [0.05, 0.1) is 0 Å². The molecule has 0 amide bonds. The molecule has 1 atom stereocenters. The minimum atomic E-state index is 0.401. The number of hydrogen-bond donors (Lipinski definition) is 1. The van der Waals surface area contributed by atoms with Gasteiger partial charge in [0, 0.05) is 25.2 Å². The summed E-state index contributed by atoms with van der Waals surface area (Å²) < 4.78 is 0. The first-order chi connectivity index (χ1) is 6.88. The first-order valence-corrected chi connectivity index (χ1v) is 6.01. The van der Waals surface area contributed by atoms with Gasteiger partial charge in [-0.05, 0) is 54.0 Å². The van der Waals surface area contributed by atoms with Crippen LogP contribution in [-0.4, -0.2) is 54.2 Å². The van der Waals surface area contributed by atoms with Crippen molar-refractivity contribution in [3.05, 3.63) is 0 Å². The molecule has 0 spiro atoms. The van der Waals surface area contributed by atoms with Crippen LogP contribution >= 0.6 is 12.2 Å². The topological polar surface area (TPSA) is 18.5 Å². The van der Waals surface area contributed by atoms with Gasteiger partial charge in [-0.15, -0.1) is 0 Å². The third kappa shape index (κ3) is 5.95. The van der Waals surface area contributed by atoms with E-state index in [1.165, 1.54) is 0 Å².